The first-order valence-electron chi connectivity index (χ1n) is 5.10. The molecule has 0 bridgehead atoms. The van der Waals surface area contributed by atoms with Gasteiger partial charge in [0, 0.05) is 6.26 Å². The van der Waals surface area contributed by atoms with Gasteiger partial charge in [-0.25, -0.2) is 8.42 Å². The topological polar surface area (TPSA) is 67.5 Å². The van der Waals surface area contributed by atoms with E-state index < -0.39 is 15.9 Å². The first-order chi connectivity index (χ1) is 8.39. The van der Waals surface area contributed by atoms with Crippen molar-refractivity contribution >= 4 is 25.8 Å². The maximum absolute atomic E-state index is 11.3. The summed E-state index contributed by atoms with van der Waals surface area (Å²) in [4.78, 5) is 0.219. The number of rotatable bonds is 3. The molecule has 2 rings (SSSR count). The van der Waals surface area contributed by atoms with Gasteiger partial charge in [0.15, 0.2) is 15.6 Å². The number of sulfone groups is 1. The van der Waals surface area contributed by atoms with E-state index in [4.69, 9.17) is 4.42 Å². The third kappa shape index (κ3) is 2.66. The van der Waals surface area contributed by atoms with Gasteiger partial charge in [0.05, 0.1) is 15.6 Å². The van der Waals surface area contributed by atoms with Crippen LogP contribution in [0.3, 0.4) is 0 Å². The van der Waals surface area contributed by atoms with Crippen LogP contribution in [0.25, 0.3) is 0 Å². The van der Waals surface area contributed by atoms with Crippen molar-refractivity contribution in [2.75, 3.05) is 6.26 Å². The highest BCUT2D eigenvalue weighted by molar-refractivity contribution is 9.10. The number of aliphatic hydroxyl groups excluding tert-OH is 1. The van der Waals surface area contributed by atoms with Gasteiger partial charge in [-0.2, -0.15) is 0 Å². The molecule has 6 heteroatoms. The Morgan fingerprint density at radius 2 is 1.83 bits per heavy atom. The lowest BCUT2D eigenvalue weighted by atomic mass is 10.1. The smallest absolute Gasteiger partial charge is 0.175 e. The van der Waals surface area contributed by atoms with Gasteiger partial charge in [-0.1, -0.05) is 12.1 Å². The summed E-state index contributed by atoms with van der Waals surface area (Å²) in [6, 6.07) is 7.74. The molecule has 0 saturated carbocycles. The van der Waals surface area contributed by atoms with E-state index in [9.17, 15) is 13.5 Å². The molecule has 0 saturated heterocycles. The Balaban J connectivity index is 2.33. The Kier molecular flexibility index (Phi) is 3.61. The standard InChI is InChI=1S/C12H11BrO4S/c1-18(15,16)9-4-2-8(3-5-9)11(14)12-10(13)6-7-17-12/h2-7,11,14H,1H3. The Hall–Kier alpha value is -1.11. The minimum atomic E-state index is -3.22. The van der Waals surface area contributed by atoms with Crippen LogP contribution in [0, 0.1) is 0 Å². The van der Waals surface area contributed by atoms with Crippen LogP contribution in [0.15, 0.2) is 50.4 Å². The molecule has 96 valence electrons. The van der Waals surface area contributed by atoms with Crippen LogP contribution in [0.4, 0.5) is 0 Å². The van der Waals surface area contributed by atoms with Gasteiger partial charge in [0.25, 0.3) is 0 Å². The van der Waals surface area contributed by atoms with Gasteiger partial charge in [-0.05, 0) is 39.7 Å². The average Bonchev–Trinajstić information content (AvgIpc) is 2.73. The predicted octanol–water partition coefficient (Wildman–Crippen LogP) is 2.53. The van der Waals surface area contributed by atoms with Crippen molar-refractivity contribution in [2.24, 2.45) is 0 Å². The zero-order valence-corrected chi connectivity index (χ0v) is 11.9. The van der Waals surface area contributed by atoms with Gasteiger partial charge in [0.1, 0.15) is 6.10 Å². The van der Waals surface area contributed by atoms with Crippen molar-refractivity contribution < 1.29 is 17.9 Å². The molecule has 1 aromatic carbocycles. The minimum Gasteiger partial charge on any atom is -0.465 e. The van der Waals surface area contributed by atoms with Crippen molar-refractivity contribution in [3.05, 3.63) is 52.4 Å². The summed E-state index contributed by atoms with van der Waals surface area (Å²) in [5, 5.41) is 10.1. The molecule has 0 fully saturated rings. The van der Waals surface area contributed by atoms with Crippen LogP contribution in [-0.2, 0) is 9.84 Å². The zero-order valence-electron chi connectivity index (χ0n) is 9.50. The fourth-order valence-corrected chi connectivity index (χ4v) is 2.60. The van der Waals surface area contributed by atoms with E-state index in [2.05, 4.69) is 15.9 Å². The normalized spacial score (nSPS) is 13.5. The molecule has 1 N–H and O–H groups in total. The highest BCUT2D eigenvalue weighted by Crippen LogP contribution is 2.29. The van der Waals surface area contributed by atoms with E-state index in [1.54, 1.807) is 18.2 Å². The van der Waals surface area contributed by atoms with Crippen molar-refractivity contribution in [2.45, 2.75) is 11.0 Å². The second-order valence-electron chi connectivity index (χ2n) is 3.88. The summed E-state index contributed by atoms with van der Waals surface area (Å²) >= 11 is 3.26. The molecule has 1 unspecified atom stereocenters. The fourth-order valence-electron chi connectivity index (χ4n) is 1.55. The summed E-state index contributed by atoms with van der Waals surface area (Å²) in [5.74, 6) is 0.391. The molecule has 1 heterocycles. The molecule has 0 aliphatic heterocycles. The molecule has 4 nitrogen and oxygen atoms in total. The summed E-state index contributed by atoms with van der Waals surface area (Å²) in [5.41, 5.74) is 0.568. The van der Waals surface area contributed by atoms with Gasteiger partial charge < -0.3 is 9.52 Å². The molecule has 1 aromatic heterocycles. The maximum Gasteiger partial charge on any atom is 0.175 e. The minimum absolute atomic E-state index is 0.219. The van der Waals surface area contributed by atoms with E-state index in [-0.39, 0.29) is 4.90 Å². The molecule has 0 aliphatic carbocycles. The first-order valence-corrected chi connectivity index (χ1v) is 7.79. The lowest BCUT2D eigenvalue weighted by Gasteiger charge is -2.09. The van der Waals surface area contributed by atoms with E-state index >= 15 is 0 Å². The van der Waals surface area contributed by atoms with Crippen molar-refractivity contribution in [1.29, 1.82) is 0 Å². The number of hydrogen-bond acceptors (Lipinski definition) is 4. The quantitative estimate of drug-likeness (QED) is 0.938. The van der Waals surface area contributed by atoms with Crippen LogP contribution in [0.5, 0.6) is 0 Å². The second kappa shape index (κ2) is 4.87. The molecule has 1 atom stereocenters. The van der Waals surface area contributed by atoms with Crippen LogP contribution in [0.1, 0.15) is 17.4 Å². The highest BCUT2D eigenvalue weighted by atomic mass is 79.9. The molecule has 2 aromatic rings. The summed E-state index contributed by atoms with van der Waals surface area (Å²) in [6.07, 6.45) is 1.68. The Bertz CT molecular complexity index is 643. The molecule has 0 radical (unpaired) electrons. The lowest BCUT2D eigenvalue weighted by molar-refractivity contribution is 0.188. The first kappa shape index (κ1) is 13.3. The molecule has 0 aliphatic rings. The van der Waals surface area contributed by atoms with Gasteiger partial charge in [-0.15, -0.1) is 0 Å². The summed E-state index contributed by atoms with van der Waals surface area (Å²) in [6.45, 7) is 0. The monoisotopic (exact) mass is 330 g/mol. The fraction of sp³-hybridized carbons (Fsp3) is 0.167. The van der Waals surface area contributed by atoms with E-state index in [0.717, 1.165) is 6.26 Å². The maximum atomic E-state index is 11.3. The summed E-state index contributed by atoms with van der Waals surface area (Å²) < 4.78 is 28.4. The van der Waals surface area contributed by atoms with Gasteiger partial charge in [0.2, 0.25) is 0 Å². The van der Waals surface area contributed by atoms with Crippen molar-refractivity contribution in [3.63, 3.8) is 0 Å². The molecule has 18 heavy (non-hydrogen) atoms. The van der Waals surface area contributed by atoms with Crippen LogP contribution >= 0.6 is 15.9 Å². The van der Waals surface area contributed by atoms with Crippen LogP contribution < -0.4 is 0 Å². The van der Waals surface area contributed by atoms with E-state index in [0.29, 0.717) is 15.8 Å². The molecule has 0 spiro atoms. The summed E-state index contributed by atoms with van der Waals surface area (Å²) in [7, 11) is -3.22. The number of benzene rings is 1. The number of halogens is 1. The van der Waals surface area contributed by atoms with Crippen molar-refractivity contribution in [3.8, 4) is 0 Å². The number of hydrogen-bond donors (Lipinski definition) is 1. The SMILES string of the molecule is CS(=O)(=O)c1ccc(C(O)c2occc2Br)cc1. The predicted molar refractivity (Wildman–Crippen MR) is 70.0 cm³/mol. The van der Waals surface area contributed by atoms with Crippen molar-refractivity contribution in [1.82, 2.24) is 0 Å². The second-order valence-corrected chi connectivity index (χ2v) is 6.75. The van der Waals surface area contributed by atoms with E-state index in [1.165, 1.54) is 18.4 Å². The third-order valence-electron chi connectivity index (χ3n) is 2.52. The van der Waals surface area contributed by atoms with Gasteiger partial charge in [-0.3, -0.25) is 0 Å². The third-order valence-corrected chi connectivity index (χ3v) is 4.30. The molecular formula is C12H11BrO4S. The zero-order chi connectivity index (χ0) is 13.3. The largest absolute Gasteiger partial charge is 0.465 e. The number of furan rings is 1. The Morgan fingerprint density at radius 1 is 1.22 bits per heavy atom. The Labute approximate surface area is 113 Å². The molecule has 0 amide bonds. The van der Waals surface area contributed by atoms with E-state index in [1.807, 2.05) is 0 Å². The van der Waals surface area contributed by atoms with Gasteiger partial charge >= 0.3 is 0 Å². The molecular weight excluding hydrogens is 320 g/mol. The lowest BCUT2D eigenvalue weighted by Crippen LogP contribution is -2.01. The van der Waals surface area contributed by atoms with Crippen LogP contribution in [0.2, 0.25) is 0 Å². The average molecular weight is 331 g/mol. The van der Waals surface area contributed by atoms with Crippen LogP contribution in [-0.4, -0.2) is 19.8 Å². The highest BCUT2D eigenvalue weighted by Gasteiger charge is 2.17. The Morgan fingerprint density at radius 3 is 2.28 bits per heavy atom. The number of aliphatic hydroxyl groups is 1.